The number of hydrogen-bond acceptors (Lipinski definition) is 4. The Kier molecular flexibility index (Phi) is 5.28. The normalized spacial score (nSPS) is 11.7. The summed E-state index contributed by atoms with van der Waals surface area (Å²) in [6.45, 7) is 4.29. The molecule has 0 aliphatic carbocycles. The number of methoxy groups -OCH3 is 1. The van der Waals surface area contributed by atoms with Crippen LogP contribution in [0.1, 0.15) is 44.0 Å². The lowest BCUT2D eigenvalue weighted by atomic mass is 10.0. The fourth-order valence-corrected chi connectivity index (χ4v) is 3.22. The van der Waals surface area contributed by atoms with E-state index >= 15 is 0 Å². The van der Waals surface area contributed by atoms with Crippen LogP contribution in [0.3, 0.4) is 0 Å². The summed E-state index contributed by atoms with van der Waals surface area (Å²) >= 11 is 5.36. The van der Waals surface area contributed by atoms with Gasteiger partial charge in [0.05, 0.1) is 13.3 Å². The largest absolute Gasteiger partial charge is 0.496 e. The van der Waals surface area contributed by atoms with Crippen molar-refractivity contribution in [2.45, 2.75) is 32.6 Å². The third-order valence-electron chi connectivity index (χ3n) is 4.48. The van der Waals surface area contributed by atoms with Crippen LogP contribution in [-0.2, 0) is 0 Å². The van der Waals surface area contributed by atoms with E-state index in [0.717, 1.165) is 40.8 Å². The van der Waals surface area contributed by atoms with Gasteiger partial charge in [-0.1, -0.05) is 44.2 Å². The average Bonchev–Trinajstić information content (AvgIpc) is 3.01. The summed E-state index contributed by atoms with van der Waals surface area (Å²) in [4.78, 5) is 0. The molecule has 5 nitrogen and oxygen atoms in total. The van der Waals surface area contributed by atoms with E-state index in [4.69, 9.17) is 17.0 Å². The third-order valence-corrected chi connectivity index (χ3v) is 4.74. The molecular formula is C19H22N4OS. The number of nitrogens with zero attached hydrogens (tertiary/aromatic N) is 3. The highest BCUT2D eigenvalue weighted by Crippen LogP contribution is 2.27. The number of benzene rings is 2. The molecule has 6 heteroatoms. The molecule has 0 saturated carbocycles. The van der Waals surface area contributed by atoms with Crippen LogP contribution in [0.4, 0.5) is 0 Å². The summed E-state index contributed by atoms with van der Waals surface area (Å²) in [5.41, 5.74) is 0.930. The Morgan fingerprint density at radius 1 is 1.24 bits per heavy atom. The fraction of sp³-hybridized carbons (Fsp3) is 0.316. The first-order valence-corrected chi connectivity index (χ1v) is 8.87. The van der Waals surface area contributed by atoms with E-state index < -0.39 is 0 Å². The standard InChI is InChI=1S/C19H22N4OS/c1-4-13(5-2)18-21-22-19(25)23(18)20-12-16-15-9-7-6-8-14(15)10-11-17(16)24-3/h6-13H,4-5H2,1-3H3,(H,22,25)/b20-12-. The van der Waals surface area contributed by atoms with Gasteiger partial charge in [-0.25, -0.2) is 0 Å². The van der Waals surface area contributed by atoms with Crippen molar-refractivity contribution in [3.8, 4) is 5.75 Å². The summed E-state index contributed by atoms with van der Waals surface area (Å²) in [7, 11) is 1.67. The van der Waals surface area contributed by atoms with Gasteiger partial charge in [0.2, 0.25) is 4.77 Å². The lowest BCUT2D eigenvalue weighted by Crippen LogP contribution is -2.05. The number of rotatable bonds is 6. The monoisotopic (exact) mass is 354 g/mol. The van der Waals surface area contributed by atoms with Gasteiger partial charge in [0.25, 0.3) is 0 Å². The molecule has 0 spiro atoms. The SMILES string of the molecule is CCC(CC)c1n[nH]c(=S)n1/N=C\c1c(OC)ccc2ccccc12. The van der Waals surface area contributed by atoms with Crippen molar-refractivity contribution in [2.75, 3.05) is 7.11 Å². The molecule has 25 heavy (non-hydrogen) atoms. The van der Waals surface area contributed by atoms with Crippen LogP contribution in [0.5, 0.6) is 5.75 Å². The highest BCUT2D eigenvalue weighted by atomic mass is 32.1. The number of nitrogens with one attached hydrogen (secondary N) is 1. The molecule has 0 bridgehead atoms. The van der Waals surface area contributed by atoms with Gasteiger partial charge in [-0.05, 0) is 41.9 Å². The molecule has 0 fully saturated rings. The zero-order chi connectivity index (χ0) is 17.8. The van der Waals surface area contributed by atoms with Crippen molar-refractivity contribution in [1.82, 2.24) is 14.9 Å². The van der Waals surface area contributed by atoms with E-state index in [1.54, 1.807) is 18.0 Å². The van der Waals surface area contributed by atoms with E-state index in [2.05, 4.69) is 41.3 Å². The minimum Gasteiger partial charge on any atom is -0.496 e. The van der Waals surface area contributed by atoms with Crippen molar-refractivity contribution < 1.29 is 4.74 Å². The van der Waals surface area contributed by atoms with Crippen molar-refractivity contribution in [2.24, 2.45) is 5.10 Å². The van der Waals surface area contributed by atoms with Crippen LogP contribution >= 0.6 is 12.2 Å². The second-order valence-corrected chi connectivity index (χ2v) is 6.25. The summed E-state index contributed by atoms with van der Waals surface area (Å²) in [5, 5.41) is 14.1. The maximum absolute atomic E-state index is 5.52. The van der Waals surface area contributed by atoms with E-state index in [1.165, 1.54) is 0 Å². The zero-order valence-electron chi connectivity index (χ0n) is 14.7. The smallest absolute Gasteiger partial charge is 0.216 e. The van der Waals surface area contributed by atoms with Crippen molar-refractivity contribution in [1.29, 1.82) is 0 Å². The topological polar surface area (TPSA) is 55.2 Å². The molecule has 3 aromatic rings. The second-order valence-electron chi connectivity index (χ2n) is 5.86. The van der Waals surface area contributed by atoms with E-state index in [0.29, 0.717) is 10.7 Å². The van der Waals surface area contributed by atoms with Gasteiger partial charge in [0, 0.05) is 11.5 Å². The Labute approximate surface area is 152 Å². The van der Waals surface area contributed by atoms with E-state index in [1.807, 2.05) is 24.3 Å². The fourth-order valence-electron chi connectivity index (χ4n) is 3.04. The number of ether oxygens (including phenoxy) is 1. The summed E-state index contributed by atoms with van der Waals surface area (Å²) in [5.74, 6) is 1.96. The van der Waals surface area contributed by atoms with Gasteiger partial charge in [-0.15, -0.1) is 0 Å². The van der Waals surface area contributed by atoms with Crippen molar-refractivity contribution in [3.05, 3.63) is 52.6 Å². The maximum Gasteiger partial charge on any atom is 0.216 e. The second kappa shape index (κ2) is 7.61. The first-order chi connectivity index (χ1) is 12.2. The Hall–Kier alpha value is -2.47. The van der Waals surface area contributed by atoms with Crippen LogP contribution in [0.25, 0.3) is 10.8 Å². The van der Waals surface area contributed by atoms with Gasteiger partial charge in [0.1, 0.15) is 5.75 Å². The Bertz CT molecular complexity index is 953. The molecule has 0 aliphatic heterocycles. The van der Waals surface area contributed by atoms with Crippen LogP contribution < -0.4 is 4.74 Å². The summed E-state index contributed by atoms with van der Waals surface area (Å²) < 4.78 is 7.74. The minimum atomic E-state index is 0.319. The molecule has 0 saturated heterocycles. The van der Waals surface area contributed by atoms with E-state index in [9.17, 15) is 0 Å². The number of H-pyrrole nitrogens is 1. The lowest BCUT2D eigenvalue weighted by molar-refractivity contribution is 0.415. The first kappa shape index (κ1) is 17.4. The highest BCUT2D eigenvalue weighted by molar-refractivity contribution is 7.71. The molecule has 130 valence electrons. The molecule has 2 aromatic carbocycles. The van der Waals surface area contributed by atoms with Gasteiger partial charge < -0.3 is 4.74 Å². The predicted octanol–water partition coefficient (Wildman–Crippen LogP) is 4.89. The quantitative estimate of drug-likeness (QED) is 0.506. The molecule has 0 amide bonds. The first-order valence-electron chi connectivity index (χ1n) is 8.47. The molecule has 0 radical (unpaired) electrons. The predicted molar refractivity (Wildman–Crippen MR) is 104 cm³/mol. The van der Waals surface area contributed by atoms with E-state index in [-0.39, 0.29) is 0 Å². The van der Waals surface area contributed by atoms with Gasteiger partial charge in [-0.2, -0.15) is 14.9 Å². The number of hydrogen-bond donors (Lipinski definition) is 1. The van der Waals surface area contributed by atoms with Crippen LogP contribution in [-0.4, -0.2) is 28.2 Å². The number of fused-ring (bicyclic) bond motifs is 1. The highest BCUT2D eigenvalue weighted by Gasteiger charge is 2.15. The minimum absolute atomic E-state index is 0.319. The molecule has 0 aliphatic rings. The molecule has 1 N–H and O–H groups in total. The molecule has 0 unspecified atom stereocenters. The van der Waals surface area contributed by atoms with Gasteiger partial charge in [0.15, 0.2) is 5.82 Å². The van der Waals surface area contributed by atoms with Crippen molar-refractivity contribution in [3.63, 3.8) is 0 Å². The van der Waals surface area contributed by atoms with Crippen LogP contribution in [0.2, 0.25) is 0 Å². The van der Waals surface area contributed by atoms with Crippen molar-refractivity contribution >= 4 is 29.2 Å². The van der Waals surface area contributed by atoms with Crippen LogP contribution in [0, 0.1) is 4.77 Å². The average molecular weight is 354 g/mol. The van der Waals surface area contributed by atoms with Gasteiger partial charge in [-0.3, -0.25) is 5.10 Å². The molecule has 1 heterocycles. The summed E-state index contributed by atoms with van der Waals surface area (Å²) in [6.07, 6.45) is 3.78. The maximum atomic E-state index is 5.52. The molecule has 3 rings (SSSR count). The molecular weight excluding hydrogens is 332 g/mol. The Balaban J connectivity index is 2.11. The Morgan fingerprint density at radius 3 is 2.72 bits per heavy atom. The lowest BCUT2D eigenvalue weighted by Gasteiger charge is -2.11. The Morgan fingerprint density at radius 2 is 2.00 bits per heavy atom. The molecule has 1 aromatic heterocycles. The van der Waals surface area contributed by atoms with Crippen LogP contribution in [0.15, 0.2) is 41.5 Å². The van der Waals surface area contributed by atoms with Gasteiger partial charge >= 0.3 is 0 Å². The zero-order valence-corrected chi connectivity index (χ0v) is 15.5. The molecule has 0 atom stereocenters. The number of aromatic nitrogens is 3. The summed E-state index contributed by atoms with van der Waals surface area (Å²) in [6, 6.07) is 12.2. The number of aromatic amines is 1. The third kappa shape index (κ3) is 3.35.